The highest BCUT2D eigenvalue weighted by molar-refractivity contribution is 6.28. The van der Waals surface area contributed by atoms with Gasteiger partial charge in [0.05, 0.1) is 27.9 Å². The third kappa shape index (κ3) is 1.88. The molecular weight excluding hydrogens is 322 g/mol. The van der Waals surface area contributed by atoms with Gasteiger partial charge in [-0.25, -0.2) is 0 Å². The van der Waals surface area contributed by atoms with Crippen molar-refractivity contribution in [1.82, 2.24) is 4.40 Å². The molecule has 0 radical (unpaired) electrons. The predicted octanol–water partition coefficient (Wildman–Crippen LogP) is 5.00. The lowest BCUT2D eigenvalue weighted by atomic mass is 9.94. The van der Waals surface area contributed by atoms with Gasteiger partial charge in [0, 0.05) is 5.39 Å². The van der Waals surface area contributed by atoms with Crippen molar-refractivity contribution in [3.63, 3.8) is 0 Å². The zero-order chi connectivity index (χ0) is 17.8. The first-order valence-electron chi connectivity index (χ1n) is 8.56. The summed E-state index contributed by atoms with van der Waals surface area (Å²) in [6.45, 7) is 2.04. The van der Waals surface area contributed by atoms with Crippen LogP contribution < -0.4 is 0 Å². The summed E-state index contributed by atoms with van der Waals surface area (Å²) in [6.07, 6.45) is 2.76. The number of carbonyl (C=O) groups excluding carboxylic acids is 2. The van der Waals surface area contributed by atoms with Gasteiger partial charge in [0.15, 0.2) is 11.6 Å². The largest absolute Gasteiger partial charge is 0.308 e. The molecule has 0 saturated heterocycles. The summed E-state index contributed by atoms with van der Waals surface area (Å²) in [7, 11) is 0. The Labute approximate surface area is 150 Å². The first kappa shape index (κ1) is 14.8. The van der Waals surface area contributed by atoms with Crippen LogP contribution >= 0.6 is 0 Å². The van der Waals surface area contributed by atoms with Crippen molar-refractivity contribution in [2.75, 3.05) is 0 Å². The number of para-hydroxylation sites is 1. The van der Waals surface area contributed by atoms with Gasteiger partial charge in [-0.3, -0.25) is 9.59 Å². The number of fused-ring (bicyclic) bond motifs is 5. The van der Waals surface area contributed by atoms with Crippen molar-refractivity contribution in [3.8, 4) is 11.3 Å². The Kier molecular flexibility index (Phi) is 3.01. The van der Waals surface area contributed by atoms with E-state index in [1.54, 1.807) is 0 Å². The van der Waals surface area contributed by atoms with E-state index >= 15 is 0 Å². The van der Waals surface area contributed by atoms with E-state index in [2.05, 4.69) is 10.5 Å². The number of rotatable bonds is 1. The normalized spacial score (nSPS) is 13.6. The van der Waals surface area contributed by atoms with E-state index in [0.29, 0.717) is 11.1 Å². The molecule has 0 amide bonds. The van der Waals surface area contributed by atoms with Gasteiger partial charge in [-0.05, 0) is 42.3 Å². The summed E-state index contributed by atoms with van der Waals surface area (Å²) in [4.78, 5) is 25.4. The van der Waals surface area contributed by atoms with Gasteiger partial charge in [-0.15, -0.1) is 0 Å². The predicted molar refractivity (Wildman–Crippen MR) is 103 cm³/mol. The highest BCUT2D eigenvalue weighted by Crippen LogP contribution is 2.38. The quantitative estimate of drug-likeness (QED) is 0.490. The molecule has 5 rings (SSSR count). The van der Waals surface area contributed by atoms with Gasteiger partial charge in [-0.2, -0.15) is 0 Å². The summed E-state index contributed by atoms with van der Waals surface area (Å²) in [6, 6.07) is 19.9. The fraction of sp³-hybridized carbons (Fsp3) is 0.0435. The molecule has 2 heterocycles. The van der Waals surface area contributed by atoms with Crippen LogP contribution in [0.2, 0.25) is 0 Å². The number of ketones is 2. The van der Waals surface area contributed by atoms with Crippen LogP contribution in [0.25, 0.3) is 27.7 Å². The van der Waals surface area contributed by atoms with Gasteiger partial charge < -0.3 is 4.40 Å². The van der Waals surface area contributed by atoms with Gasteiger partial charge in [0.2, 0.25) is 0 Å². The molecular formula is C23H15NO2. The van der Waals surface area contributed by atoms with E-state index in [9.17, 15) is 9.59 Å². The fourth-order valence-electron chi connectivity index (χ4n) is 3.94. The molecule has 0 unspecified atom stereocenters. The minimum absolute atomic E-state index is 0.117. The average Bonchev–Trinajstić information content (AvgIpc) is 3.02. The molecule has 1 aliphatic carbocycles. The van der Waals surface area contributed by atoms with Crippen LogP contribution in [0.15, 0.2) is 72.8 Å². The number of allylic oxidation sites excluding steroid dienone is 2. The minimum Gasteiger partial charge on any atom is -0.308 e. The van der Waals surface area contributed by atoms with E-state index in [1.165, 1.54) is 12.2 Å². The van der Waals surface area contributed by atoms with Gasteiger partial charge in [0.25, 0.3) is 0 Å². The number of aryl methyl sites for hydroxylation is 1. The van der Waals surface area contributed by atoms with Crippen molar-refractivity contribution in [3.05, 3.63) is 89.5 Å². The first-order valence-corrected chi connectivity index (χ1v) is 8.56. The molecule has 26 heavy (non-hydrogen) atoms. The maximum atomic E-state index is 12.8. The molecule has 0 aliphatic heterocycles. The average molecular weight is 337 g/mol. The van der Waals surface area contributed by atoms with E-state index in [-0.39, 0.29) is 11.6 Å². The number of aromatic nitrogens is 1. The summed E-state index contributed by atoms with van der Waals surface area (Å²) < 4.78 is 2.06. The van der Waals surface area contributed by atoms with Crippen molar-refractivity contribution >= 4 is 28.0 Å². The van der Waals surface area contributed by atoms with Gasteiger partial charge >= 0.3 is 0 Å². The van der Waals surface area contributed by atoms with E-state index in [0.717, 1.165) is 33.2 Å². The molecule has 1 aliphatic rings. The minimum atomic E-state index is -0.121. The number of pyridine rings is 1. The lowest BCUT2D eigenvalue weighted by Crippen LogP contribution is -2.09. The second-order valence-electron chi connectivity index (χ2n) is 6.59. The second-order valence-corrected chi connectivity index (χ2v) is 6.59. The van der Waals surface area contributed by atoms with Crippen LogP contribution in [0.3, 0.4) is 0 Å². The van der Waals surface area contributed by atoms with Crippen molar-refractivity contribution in [1.29, 1.82) is 0 Å². The third-order valence-electron chi connectivity index (χ3n) is 5.06. The van der Waals surface area contributed by atoms with Crippen LogP contribution in [0.4, 0.5) is 0 Å². The van der Waals surface area contributed by atoms with E-state index < -0.39 is 0 Å². The molecule has 0 spiro atoms. The highest BCUT2D eigenvalue weighted by atomic mass is 16.1. The maximum Gasteiger partial charge on any atom is 0.188 e. The molecule has 0 saturated carbocycles. The number of hydrogen-bond donors (Lipinski definition) is 0. The fourth-order valence-corrected chi connectivity index (χ4v) is 3.94. The van der Waals surface area contributed by atoms with Crippen LogP contribution in [0, 0.1) is 6.92 Å². The molecule has 0 fully saturated rings. The van der Waals surface area contributed by atoms with Crippen LogP contribution in [0.1, 0.15) is 26.3 Å². The Morgan fingerprint density at radius 2 is 1.38 bits per heavy atom. The Hall–Kier alpha value is -3.46. The highest BCUT2D eigenvalue weighted by Gasteiger charge is 2.30. The SMILES string of the molecule is Cc1cc2c3c(c(-c4ccccc4)n2c2ccccc12)C(=O)C=CC3=O. The maximum absolute atomic E-state index is 12.8. The molecule has 0 bridgehead atoms. The Balaban J connectivity index is 2.09. The number of nitrogens with zero attached hydrogens (tertiary/aromatic N) is 1. The van der Waals surface area contributed by atoms with Crippen LogP contribution in [-0.2, 0) is 0 Å². The molecule has 3 nitrogen and oxygen atoms in total. The molecule has 0 atom stereocenters. The lowest BCUT2D eigenvalue weighted by molar-refractivity contribution is 0.0996. The zero-order valence-electron chi connectivity index (χ0n) is 14.2. The number of benzene rings is 2. The molecule has 124 valence electrons. The summed E-state index contributed by atoms with van der Waals surface area (Å²) >= 11 is 0. The van der Waals surface area contributed by atoms with Crippen LogP contribution in [0.5, 0.6) is 0 Å². The van der Waals surface area contributed by atoms with Crippen molar-refractivity contribution < 1.29 is 9.59 Å². The van der Waals surface area contributed by atoms with E-state index in [1.807, 2.05) is 61.5 Å². The molecule has 4 aromatic rings. The molecule has 2 aromatic heterocycles. The second kappa shape index (κ2) is 5.27. The Morgan fingerprint density at radius 1 is 0.731 bits per heavy atom. The first-order chi connectivity index (χ1) is 12.7. The number of carbonyl (C=O) groups is 2. The molecule has 3 heteroatoms. The summed E-state index contributed by atoms with van der Waals surface area (Å²) in [5, 5.41) is 1.11. The molecule has 0 N–H and O–H groups in total. The Morgan fingerprint density at radius 3 is 2.15 bits per heavy atom. The summed E-state index contributed by atoms with van der Waals surface area (Å²) in [5.74, 6) is -0.238. The monoisotopic (exact) mass is 337 g/mol. The third-order valence-corrected chi connectivity index (χ3v) is 5.06. The van der Waals surface area contributed by atoms with Gasteiger partial charge in [0.1, 0.15) is 0 Å². The zero-order valence-corrected chi connectivity index (χ0v) is 14.2. The smallest absolute Gasteiger partial charge is 0.188 e. The van der Waals surface area contributed by atoms with Crippen molar-refractivity contribution in [2.45, 2.75) is 6.92 Å². The summed E-state index contributed by atoms with van der Waals surface area (Å²) in [5.41, 5.74) is 5.59. The van der Waals surface area contributed by atoms with Gasteiger partial charge in [-0.1, -0.05) is 48.5 Å². The van der Waals surface area contributed by atoms with E-state index in [4.69, 9.17) is 0 Å². The number of hydrogen-bond acceptors (Lipinski definition) is 2. The van der Waals surface area contributed by atoms with Crippen molar-refractivity contribution in [2.24, 2.45) is 0 Å². The standard InChI is InChI=1S/C23H15NO2/c1-14-13-18-21-19(25)11-12-20(26)22(21)23(15-7-3-2-4-8-15)24(18)17-10-6-5-9-16(14)17/h2-13H,1H3. The lowest BCUT2D eigenvalue weighted by Gasteiger charge is -2.11. The molecule has 2 aromatic carbocycles. The topological polar surface area (TPSA) is 38.5 Å². The van der Waals surface area contributed by atoms with Crippen LogP contribution in [-0.4, -0.2) is 16.0 Å². The Bertz CT molecular complexity index is 1260.